The van der Waals surface area contributed by atoms with E-state index in [4.69, 9.17) is 4.74 Å². The highest BCUT2D eigenvalue weighted by molar-refractivity contribution is 6.05. The quantitative estimate of drug-likeness (QED) is 0.722. The second kappa shape index (κ2) is 9.03. The van der Waals surface area contributed by atoms with Crippen LogP contribution < -0.4 is 15.4 Å². The molecule has 6 nitrogen and oxygen atoms in total. The van der Waals surface area contributed by atoms with Gasteiger partial charge in [-0.15, -0.1) is 0 Å². The van der Waals surface area contributed by atoms with E-state index in [9.17, 15) is 4.79 Å². The average Bonchev–Trinajstić information content (AvgIpc) is 2.59. The number of benzene rings is 1. The van der Waals surface area contributed by atoms with E-state index in [1.807, 2.05) is 39.2 Å². The van der Waals surface area contributed by atoms with Gasteiger partial charge in [0, 0.05) is 18.3 Å². The number of nitrogens with one attached hydrogen (secondary N) is 2. The molecule has 1 aromatic carbocycles. The number of hydrogen-bond donors (Lipinski definition) is 2. The van der Waals surface area contributed by atoms with Crippen molar-refractivity contribution in [3.8, 4) is 5.75 Å². The molecule has 0 aliphatic heterocycles. The number of aromatic nitrogens is 1. The molecule has 0 spiro atoms. The van der Waals surface area contributed by atoms with E-state index in [1.54, 1.807) is 25.4 Å². The van der Waals surface area contributed by atoms with Gasteiger partial charge in [-0.1, -0.05) is 6.07 Å². The number of aryl methyl sites for hydroxylation is 1. The first-order chi connectivity index (χ1) is 12.0. The predicted molar refractivity (Wildman–Crippen MR) is 102 cm³/mol. The lowest BCUT2D eigenvalue weighted by Gasteiger charge is -2.12. The Hall–Kier alpha value is -2.60. The number of carbonyl (C=O) groups is 1. The molecule has 1 aromatic heterocycles. The summed E-state index contributed by atoms with van der Waals surface area (Å²) in [4.78, 5) is 18.9. The molecular formula is C19H26N4O2. The van der Waals surface area contributed by atoms with E-state index < -0.39 is 0 Å². The molecule has 0 fully saturated rings. The van der Waals surface area contributed by atoms with Gasteiger partial charge < -0.3 is 20.3 Å². The Morgan fingerprint density at radius 1 is 1.24 bits per heavy atom. The first kappa shape index (κ1) is 18.7. The number of nitrogens with zero attached hydrogens (tertiary/aromatic N) is 2. The van der Waals surface area contributed by atoms with Crippen molar-refractivity contribution in [3.63, 3.8) is 0 Å². The van der Waals surface area contributed by atoms with Gasteiger partial charge in [0.05, 0.1) is 12.8 Å². The van der Waals surface area contributed by atoms with Crippen molar-refractivity contribution in [2.75, 3.05) is 44.9 Å². The van der Waals surface area contributed by atoms with Crippen molar-refractivity contribution in [1.82, 2.24) is 9.88 Å². The fourth-order valence-electron chi connectivity index (χ4n) is 2.39. The molecule has 0 saturated heterocycles. The summed E-state index contributed by atoms with van der Waals surface area (Å²) in [6, 6.07) is 9.13. The Morgan fingerprint density at radius 3 is 2.76 bits per heavy atom. The van der Waals surface area contributed by atoms with Gasteiger partial charge in [-0.3, -0.25) is 4.79 Å². The molecule has 2 rings (SSSR count). The SMILES string of the molecule is COc1ccc(C)cc1NC(=O)c1ccnc(NCCCN(C)C)c1. The standard InChI is InChI=1S/C19H26N4O2/c1-14-6-7-17(25-4)16(12-14)22-19(24)15-8-10-21-18(13-15)20-9-5-11-23(2)3/h6-8,10,12-13H,5,9,11H2,1-4H3,(H,20,21)(H,22,24). The van der Waals surface area contributed by atoms with Crippen LogP contribution in [0, 0.1) is 6.92 Å². The van der Waals surface area contributed by atoms with Crippen LogP contribution in [0.15, 0.2) is 36.5 Å². The Kier molecular flexibility index (Phi) is 6.77. The van der Waals surface area contributed by atoms with Crippen molar-refractivity contribution in [2.45, 2.75) is 13.3 Å². The lowest BCUT2D eigenvalue weighted by Crippen LogP contribution is -2.17. The largest absolute Gasteiger partial charge is 0.495 e. The molecule has 0 radical (unpaired) electrons. The van der Waals surface area contributed by atoms with E-state index in [0.29, 0.717) is 22.8 Å². The smallest absolute Gasteiger partial charge is 0.255 e. The molecule has 0 atom stereocenters. The zero-order valence-corrected chi connectivity index (χ0v) is 15.3. The summed E-state index contributed by atoms with van der Waals surface area (Å²) in [5.74, 6) is 1.14. The van der Waals surface area contributed by atoms with Crippen molar-refractivity contribution >= 4 is 17.4 Å². The van der Waals surface area contributed by atoms with Crippen molar-refractivity contribution < 1.29 is 9.53 Å². The molecule has 0 unspecified atom stereocenters. The number of rotatable bonds is 8. The van der Waals surface area contributed by atoms with Crippen LogP contribution in [-0.2, 0) is 0 Å². The van der Waals surface area contributed by atoms with Crippen LogP contribution in [0.1, 0.15) is 22.3 Å². The van der Waals surface area contributed by atoms with Gasteiger partial charge in [-0.05, 0) is 63.8 Å². The third-order valence-electron chi connectivity index (χ3n) is 3.71. The van der Waals surface area contributed by atoms with Gasteiger partial charge in [0.2, 0.25) is 0 Å². The Bertz CT molecular complexity index is 716. The number of ether oxygens (including phenoxy) is 1. The monoisotopic (exact) mass is 342 g/mol. The maximum Gasteiger partial charge on any atom is 0.255 e. The molecule has 25 heavy (non-hydrogen) atoms. The minimum Gasteiger partial charge on any atom is -0.495 e. The minimum absolute atomic E-state index is 0.192. The van der Waals surface area contributed by atoms with Crippen molar-refractivity contribution in [3.05, 3.63) is 47.7 Å². The fourth-order valence-corrected chi connectivity index (χ4v) is 2.39. The highest BCUT2D eigenvalue weighted by Crippen LogP contribution is 2.25. The zero-order valence-electron chi connectivity index (χ0n) is 15.3. The molecule has 0 saturated carbocycles. The van der Waals surface area contributed by atoms with E-state index in [2.05, 4.69) is 20.5 Å². The van der Waals surface area contributed by atoms with Crippen LogP contribution in [0.4, 0.5) is 11.5 Å². The molecule has 2 aromatic rings. The summed E-state index contributed by atoms with van der Waals surface area (Å²) in [6.07, 6.45) is 2.64. The van der Waals surface area contributed by atoms with Gasteiger partial charge in [0.15, 0.2) is 0 Å². The van der Waals surface area contributed by atoms with Gasteiger partial charge in [0.25, 0.3) is 5.91 Å². The maximum absolute atomic E-state index is 12.5. The Morgan fingerprint density at radius 2 is 2.04 bits per heavy atom. The summed E-state index contributed by atoms with van der Waals surface area (Å²) in [6.45, 7) is 3.78. The number of pyridine rings is 1. The molecule has 0 aliphatic carbocycles. The predicted octanol–water partition coefficient (Wildman–Crippen LogP) is 3.01. The number of anilines is 2. The van der Waals surface area contributed by atoms with E-state index in [1.165, 1.54) is 0 Å². The van der Waals surface area contributed by atoms with Crippen LogP contribution in [0.2, 0.25) is 0 Å². The summed E-state index contributed by atoms with van der Waals surface area (Å²) < 4.78 is 5.30. The lowest BCUT2D eigenvalue weighted by molar-refractivity contribution is 0.102. The molecule has 1 amide bonds. The van der Waals surface area contributed by atoms with Crippen LogP contribution in [0.25, 0.3) is 0 Å². The van der Waals surface area contributed by atoms with Gasteiger partial charge >= 0.3 is 0 Å². The first-order valence-electron chi connectivity index (χ1n) is 8.30. The molecule has 2 N–H and O–H groups in total. The highest BCUT2D eigenvalue weighted by Gasteiger charge is 2.11. The summed E-state index contributed by atoms with van der Waals surface area (Å²) >= 11 is 0. The maximum atomic E-state index is 12.5. The third kappa shape index (κ3) is 5.76. The average molecular weight is 342 g/mol. The zero-order chi connectivity index (χ0) is 18.2. The van der Waals surface area contributed by atoms with E-state index in [0.717, 1.165) is 25.1 Å². The van der Waals surface area contributed by atoms with Crippen LogP contribution in [-0.4, -0.2) is 50.1 Å². The molecule has 0 bridgehead atoms. The normalized spacial score (nSPS) is 10.6. The summed E-state index contributed by atoms with van der Waals surface area (Å²) in [5.41, 5.74) is 2.26. The third-order valence-corrected chi connectivity index (χ3v) is 3.71. The fraction of sp³-hybridized carbons (Fsp3) is 0.368. The molecule has 6 heteroatoms. The van der Waals surface area contributed by atoms with Crippen molar-refractivity contribution in [1.29, 1.82) is 0 Å². The number of hydrogen-bond acceptors (Lipinski definition) is 5. The summed E-state index contributed by atoms with van der Waals surface area (Å²) in [5, 5.41) is 6.15. The van der Waals surface area contributed by atoms with Crippen LogP contribution in [0.5, 0.6) is 5.75 Å². The Balaban J connectivity index is 2.02. The first-order valence-corrected chi connectivity index (χ1v) is 8.30. The second-order valence-corrected chi connectivity index (χ2v) is 6.17. The number of amides is 1. The van der Waals surface area contributed by atoms with E-state index >= 15 is 0 Å². The van der Waals surface area contributed by atoms with E-state index in [-0.39, 0.29) is 5.91 Å². The molecule has 134 valence electrons. The second-order valence-electron chi connectivity index (χ2n) is 6.17. The van der Waals surface area contributed by atoms with Gasteiger partial charge in [-0.25, -0.2) is 4.98 Å². The number of carbonyl (C=O) groups excluding carboxylic acids is 1. The highest BCUT2D eigenvalue weighted by atomic mass is 16.5. The lowest BCUT2D eigenvalue weighted by atomic mass is 10.2. The van der Waals surface area contributed by atoms with Gasteiger partial charge in [-0.2, -0.15) is 0 Å². The summed E-state index contributed by atoms with van der Waals surface area (Å²) in [7, 11) is 5.67. The molecule has 0 aliphatic rings. The topological polar surface area (TPSA) is 66.5 Å². The van der Waals surface area contributed by atoms with Crippen molar-refractivity contribution in [2.24, 2.45) is 0 Å². The molecular weight excluding hydrogens is 316 g/mol. The van der Waals surface area contributed by atoms with Crippen LogP contribution in [0.3, 0.4) is 0 Å². The van der Waals surface area contributed by atoms with Crippen LogP contribution >= 0.6 is 0 Å². The molecule has 1 heterocycles. The van der Waals surface area contributed by atoms with Gasteiger partial charge in [0.1, 0.15) is 11.6 Å². The Labute approximate surface area is 149 Å². The minimum atomic E-state index is -0.192. The number of methoxy groups -OCH3 is 1.